The highest BCUT2D eigenvalue weighted by Crippen LogP contribution is 2.26. The first kappa shape index (κ1) is 16.7. The number of hydrazone groups is 1. The van der Waals surface area contributed by atoms with E-state index in [0.717, 1.165) is 19.3 Å². The third kappa shape index (κ3) is 5.63. The second-order valence-corrected chi connectivity index (χ2v) is 6.00. The van der Waals surface area contributed by atoms with Crippen molar-refractivity contribution in [2.24, 2.45) is 16.8 Å². The summed E-state index contributed by atoms with van der Waals surface area (Å²) >= 11 is 0. The molecule has 0 spiro atoms. The molecule has 2 fully saturated rings. The lowest BCUT2D eigenvalue weighted by atomic mass is 10.1. The van der Waals surface area contributed by atoms with Crippen LogP contribution in [0.4, 0.5) is 4.79 Å². The first-order valence-electron chi connectivity index (χ1n) is 8.26. The zero-order valence-corrected chi connectivity index (χ0v) is 13.2. The second kappa shape index (κ2) is 8.73. The van der Waals surface area contributed by atoms with Crippen LogP contribution in [0.25, 0.3) is 0 Å². The summed E-state index contributed by atoms with van der Waals surface area (Å²) in [4.78, 5) is 27.5. The quantitative estimate of drug-likeness (QED) is 0.413. The fourth-order valence-corrected chi connectivity index (χ4v) is 2.43. The Bertz CT molecular complexity index is 401. The first-order valence-corrected chi connectivity index (χ1v) is 8.26. The van der Waals surface area contributed by atoms with Crippen molar-refractivity contribution in [1.29, 1.82) is 0 Å². The van der Waals surface area contributed by atoms with Gasteiger partial charge in [0, 0.05) is 38.8 Å². The van der Waals surface area contributed by atoms with Crippen LogP contribution in [0.1, 0.15) is 38.5 Å². The molecule has 22 heavy (non-hydrogen) atoms. The lowest BCUT2D eigenvalue weighted by molar-refractivity contribution is -0.132. The Hall–Kier alpha value is -1.63. The number of carbonyl (C=O) groups is 2. The summed E-state index contributed by atoms with van der Waals surface area (Å²) in [6.45, 7) is 3.04. The Kier molecular flexibility index (Phi) is 6.64. The van der Waals surface area contributed by atoms with E-state index in [4.69, 9.17) is 5.73 Å². The molecule has 0 aromatic rings. The van der Waals surface area contributed by atoms with Gasteiger partial charge in [0.15, 0.2) is 0 Å². The van der Waals surface area contributed by atoms with Crippen molar-refractivity contribution in [2.45, 2.75) is 38.5 Å². The van der Waals surface area contributed by atoms with Crippen molar-refractivity contribution in [3.63, 3.8) is 0 Å². The van der Waals surface area contributed by atoms with Gasteiger partial charge in [0.05, 0.1) is 0 Å². The largest absolute Gasteiger partial charge is 0.339 e. The van der Waals surface area contributed by atoms with Crippen molar-refractivity contribution >= 4 is 18.2 Å². The van der Waals surface area contributed by atoms with Crippen LogP contribution in [0, 0.1) is 5.92 Å². The molecular formula is C15H27N5O2. The molecule has 7 nitrogen and oxygen atoms in total. The molecule has 0 radical (unpaired) electrons. The molecule has 0 aromatic carbocycles. The van der Waals surface area contributed by atoms with Crippen LogP contribution >= 0.6 is 0 Å². The molecular weight excluding hydrogens is 282 g/mol. The SMILES string of the molecule is NCCCCCC(=O)N1CCN(C(=O)N/N=C/C2CC2)CC1. The highest BCUT2D eigenvalue weighted by atomic mass is 16.2. The summed E-state index contributed by atoms with van der Waals surface area (Å²) in [6.07, 6.45) is 7.60. The molecule has 0 unspecified atom stereocenters. The van der Waals surface area contributed by atoms with Gasteiger partial charge in [-0.25, -0.2) is 10.2 Å². The second-order valence-electron chi connectivity index (χ2n) is 6.00. The van der Waals surface area contributed by atoms with Crippen molar-refractivity contribution in [3.05, 3.63) is 0 Å². The van der Waals surface area contributed by atoms with E-state index in [9.17, 15) is 9.59 Å². The van der Waals surface area contributed by atoms with E-state index in [1.807, 2.05) is 4.90 Å². The van der Waals surface area contributed by atoms with Gasteiger partial charge < -0.3 is 15.5 Å². The lowest BCUT2D eigenvalue weighted by Crippen LogP contribution is -2.52. The average molecular weight is 309 g/mol. The van der Waals surface area contributed by atoms with Gasteiger partial charge in [-0.15, -0.1) is 0 Å². The van der Waals surface area contributed by atoms with Crippen LogP contribution in [0.5, 0.6) is 0 Å². The molecule has 124 valence electrons. The van der Waals surface area contributed by atoms with Crippen molar-refractivity contribution in [1.82, 2.24) is 15.2 Å². The lowest BCUT2D eigenvalue weighted by Gasteiger charge is -2.34. The van der Waals surface area contributed by atoms with Gasteiger partial charge >= 0.3 is 6.03 Å². The molecule has 1 aliphatic carbocycles. The summed E-state index contributed by atoms with van der Waals surface area (Å²) in [5.41, 5.74) is 8.00. The van der Waals surface area contributed by atoms with Gasteiger partial charge in [-0.2, -0.15) is 5.10 Å². The number of piperazine rings is 1. The van der Waals surface area contributed by atoms with Gasteiger partial charge in [-0.3, -0.25) is 4.79 Å². The standard InChI is InChI=1S/C15H27N5O2/c16-7-3-1-2-4-14(21)19-8-10-20(11-9-19)15(22)18-17-12-13-5-6-13/h12-13H,1-11,16H2,(H,18,22)/b17-12+. The fraction of sp³-hybridized carbons (Fsp3) is 0.800. The number of nitrogens with zero attached hydrogens (tertiary/aromatic N) is 3. The summed E-state index contributed by atoms with van der Waals surface area (Å²) in [5, 5.41) is 3.96. The van der Waals surface area contributed by atoms with Gasteiger partial charge in [0.25, 0.3) is 0 Å². The number of urea groups is 1. The summed E-state index contributed by atoms with van der Waals surface area (Å²) in [5.74, 6) is 0.734. The van der Waals surface area contributed by atoms with Gasteiger partial charge in [0.2, 0.25) is 5.91 Å². The molecule has 2 rings (SSSR count). The molecule has 1 aliphatic heterocycles. The van der Waals surface area contributed by atoms with E-state index in [1.54, 1.807) is 11.1 Å². The normalized spacial score (nSPS) is 18.8. The van der Waals surface area contributed by atoms with Crippen LogP contribution in [0.15, 0.2) is 5.10 Å². The van der Waals surface area contributed by atoms with E-state index < -0.39 is 0 Å². The maximum atomic E-state index is 12.0. The maximum absolute atomic E-state index is 12.0. The minimum Gasteiger partial charge on any atom is -0.339 e. The van der Waals surface area contributed by atoms with E-state index in [2.05, 4.69) is 10.5 Å². The molecule has 1 saturated carbocycles. The van der Waals surface area contributed by atoms with Crippen LogP contribution in [-0.4, -0.2) is 60.7 Å². The molecule has 3 N–H and O–H groups in total. The van der Waals surface area contributed by atoms with Gasteiger partial charge in [0.1, 0.15) is 0 Å². The number of hydrogen-bond acceptors (Lipinski definition) is 4. The molecule has 7 heteroatoms. The van der Waals surface area contributed by atoms with E-state index in [0.29, 0.717) is 45.1 Å². The monoisotopic (exact) mass is 309 g/mol. The van der Waals surface area contributed by atoms with Crippen molar-refractivity contribution in [3.8, 4) is 0 Å². The molecule has 0 aromatic heterocycles. The number of rotatable bonds is 7. The Balaban J connectivity index is 1.61. The van der Waals surface area contributed by atoms with Crippen LogP contribution in [0.2, 0.25) is 0 Å². The maximum Gasteiger partial charge on any atom is 0.337 e. The zero-order valence-electron chi connectivity index (χ0n) is 13.2. The average Bonchev–Trinajstić information content (AvgIpc) is 3.35. The van der Waals surface area contributed by atoms with E-state index in [1.165, 1.54) is 12.8 Å². The predicted molar refractivity (Wildman–Crippen MR) is 85.4 cm³/mol. The number of amides is 3. The minimum absolute atomic E-state index is 0.174. The summed E-state index contributed by atoms with van der Waals surface area (Å²) in [7, 11) is 0. The van der Waals surface area contributed by atoms with Gasteiger partial charge in [-0.05, 0) is 38.1 Å². The Morgan fingerprint density at radius 3 is 2.41 bits per heavy atom. The first-order chi connectivity index (χ1) is 10.7. The van der Waals surface area contributed by atoms with Crippen LogP contribution in [-0.2, 0) is 4.79 Å². The molecule has 0 bridgehead atoms. The third-order valence-corrected chi connectivity index (χ3v) is 4.08. The Labute approximate surface area is 131 Å². The molecule has 1 saturated heterocycles. The van der Waals surface area contributed by atoms with E-state index in [-0.39, 0.29) is 11.9 Å². The number of hydrogen-bond donors (Lipinski definition) is 2. The number of nitrogens with one attached hydrogen (secondary N) is 1. The smallest absolute Gasteiger partial charge is 0.337 e. The fourth-order valence-electron chi connectivity index (χ4n) is 2.43. The van der Waals surface area contributed by atoms with Crippen LogP contribution < -0.4 is 11.2 Å². The number of unbranched alkanes of at least 4 members (excludes halogenated alkanes) is 2. The van der Waals surface area contributed by atoms with Crippen molar-refractivity contribution < 1.29 is 9.59 Å². The Morgan fingerprint density at radius 1 is 1.09 bits per heavy atom. The minimum atomic E-state index is -0.174. The molecule has 1 heterocycles. The summed E-state index contributed by atoms with van der Waals surface area (Å²) in [6, 6.07) is -0.174. The molecule has 0 atom stereocenters. The topological polar surface area (TPSA) is 91.0 Å². The highest BCUT2D eigenvalue weighted by molar-refractivity contribution is 5.78. The van der Waals surface area contributed by atoms with Crippen LogP contribution in [0.3, 0.4) is 0 Å². The third-order valence-electron chi connectivity index (χ3n) is 4.08. The molecule has 3 amide bonds. The zero-order chi connectivity index (χ0) is 15.8. The van der Waals surface area contributed by atoms with E-state index >= 15 is 0 Å². The Morgan fingerprint density at radius 2 is 1.77 bits per heavy atom. The molecule has 2 aliphatic rings. The summed E-state index contributed by atoms with van der Waals surface area (Å²) < 4.78 is 0. The number of carbonyl (C=O) groups excluding carboxylic acids is 2. The number of nitrogens with two attached hydrogens (primary N) is 1. The predicted octanol–water partition coefficient (Wildman–Crippen LogP) is 0.755. The van der Waals surface area contributed by atoms with Crippen molar-refractivity contribution in [2.75, 3.05) is 32.7 Å². The van der Waals surface area contributed by atoms with Gasteiger partial charge in [-0.1, -0.05) is 6.42 Å². The highest BCUT2D eigenvalue weighted by Gasteiger charge is 2.24.